The van der Waals surface area contributed by atoms with Crippen molar-refractivity contribution in [3.63, 3.8) is 0 Å². The largest absolute Gasteiger partial charge is 0.309 e. The minimum atomic E-state index is 0.515. The summed E-state index contributed by atoms with van der Waals surface area (Å²) in [6.07, 6.45) is 8.05. The summed E-state index contributed by atoms with van der Waals surface area (Å²) in [6.45, 7) is 1.15. The molecule has 1 saturated heterocycles. The van der Waals surface area contributed by atoms with Crippen molar-refractivity contribution in [3.8, 4) is 0 Å². The second kappa shape index (κ2) is 4.21. The summed E-state index contributed by atoms with van der Waals surface area (Å²) in [4.78, 5) is 0. The van der Waals surface area contributed by atoms with E-state index < -0.39 is 0 Å². The van der Waals surface area contributed by atoms with Gasteiger partial charge in [0.05, 0.1) is 11.7 Å². The zero-order valence-electron chi connectivity index (χ0n) is 10.1. The number of aryl methyl sites for hydroxylation is 1. The van der Waals surface area contributed by atoms with Crippen LogP contribution in [-0.4, -0.2) is 16.3 Å². The minimum absolute atomic E-state index is 0.515. The standard InChI is InChI=1S/C13H21N3/c1-16-13(10-5-2-3-6-10)9-12(15-16)11-7-4-8-14-11/h9-11,14H,2-8H2,1H3. The van der Waals surface area contributed by atoms with Gasteiger partial charge in [0.25, 0.3) is 0 Å². The van der Waals surface area contributed by atoms with Gasteiger partial charge in [-0.05, 0) is 38.3 Å². The summed E-state index contributed by atoms with van der Waals surface area (Å²) >= 11 is 0. The Bertz CT molecular complexity index is 357. The minimum Gasteiger partial charge on any atom is -0.309 e. The van der Waals surface area contributed by atoms with Crippen molar-refractivity contribution in [2.24, 2.45) is 7.05 Å². The molecule has 0 amide bonds. The van der Waals surface area contributed by atoms with Crippen LogP contribution in [0.1, 0.15) is 61.9 Å². The monoisotopic (exact) mass is 219 g/mol. The normalized spacial score (nSPS) is 26.7. The Kier molecular flexibility index (Phi) is 2.72. The highest BCUT2D eigenvalue weighted by Gasteiger charge is 2.24. The number of nitrogens with zero attached hydrogens (tertiary/aromatic N) is 2. The zero-order chi connectivity index (χ0) is 11.0. The van der Waals surface area contributed by atoms with Gasteiger partial charge >= 0.3 is 0 Å². The second-order valence-electron chi connectivity index (χ2n) is 5.25. The highest BCUT2D eigenvalue weighted by molar-refractivity contribution is 5.19. The zero-order valence-corrected chi connectivity index (χ0v) is 10.1. The third-order valence-corrected chi connectivity index (χ3v) is 4.13. The van der Waals surface area contributed by atoms with Gasteiger partial charge in [-0.1, -0.05) is 12.8 Å². The fourth-order valence-electron chi connectivity index (χ4n) is 3.22. The van der Waals surface area contributed by atoms with Crippen LogP contribution in [0.25, 0.3) is 0 Å². The third-order valence-electron chi connectivity index (χ3n) is 4.13. The van der Waals surface area contributed by atoms with Crippen LogP contribution < -0.4 is 5.32 Å². The molecule has 3 heteroatoms. The second-order valence-corrected chi connectivity index (χ2v) is 5.25. The van der Waals surface area contributed by atoms with E-state index >= 15 is 0 Å². The van der Waals surface area contributed by atoms with E-state index in [0.29, 0.717) is 6.04 Å². The van der Waals surface area contributed by atoms with E-state index in [-0.39, 0.29) is 0 Å². The molecule has 0 aromatic carbocycles. The molecule has 3 nitrogen and oxygen atoms in total. The van der Waals surface area contributed by atoms with E-state index in [0.717, 1.165) is 12.5 Å². The van der Waals surface area contributed by atoms with Crippen LogP contribution in [0.2, 0.25) is 0 Å². The summed E-state index contributed by atoms with van der Waals surface area (Å²) in [5, 5.41) is 8.22. The summed E-state index contributed by atoms with van der Waals surface area (Å²) in [5.74, 6) is 0.771. The first kappa shape index (κ1) is 10.3. The van der Waals surface area contributed by atoms with E-state index in [9.17, 15) is 0 Å². The van der Waals surface area contributed by atoms with Crippen molar-refractivity contribution < 1.29 is 0 Å². The Morgan fingerprint density at radius 3 is 2.75 bits per heavy atom. The van der Waals surface area contributed by atoms with Crippen LogP contribution in [-0.2, 0) is 7.05 Å². The number of hydrogen-bond donors (Lipinski definition) is 1. The van der Waals surface area contributed by atoms with E-state index in [4.69, 9.17) is 5.10 Å². The number of rotatable bonds is 2. The summed E-state index contributed by atoms with van der Waals surface area (Å²) in [7, 11) is 2.10. The molecule has 1 unspecified atom stereocenters. The molecule has 1 aliphatic heterocycles. The molecular formula is C13H21N3. The number of hydrogen-bond acceptors (Lipinski definition) is 2. The van der Waals surface area contributed by atoms with Crippen LogP contribution in [0.15, 0.2) is 6.07 Å². The molecule has 88 valence electrons. The molecule has 0 radical (unpaired) electrons. The maximum Gasteiger partial charge on any atom is 0.0796 e. The lowest BCUT2D eigenvalue weighted by Gasteiger charge is -2.08. The highest BCUT2D eigenvalue weighted by atomic mass is 15.3. The van der Waals surface area contributed by atoms with Crippen LogP contribution >= 0.6 is 0 Å². The van der Waals surface area contributed by atoms with Crippen LogP contribution in [0.3, 0.4) is 0 Å². The SMILES string of the molecule is Cn1nc(C2CCCN2)cc1C1CCCC1. The quantitative estimate of drug-likeness (QED) is 0.828. The summed E-state index contributed by atoms with van der Waals surface area (Å²) in [6, 6.07) is 2.86. The maximum absolute atomic E-state index is 4.69. The first-order valence-electron chi connectivity index (χ1n) is 6.62. The van der Waals surface area contributed by atoms with Gasteiger partial charge in [0, 0.05) is 18.7 Å². The van der Waals surface area contributed by atoms with Gasteiger partial charge in [0.2, 0.25) is 0 Å². The van der Waals surface area contributed by atoms with E-state index in [1.165, 1.54) is 49.9 Å². The average molecular weight is 219 g/mol. The Morgan fingerprint density at radius 1 is 1.25 bits per heavy atom. The van der Waals surface area contributed by atoms with Crippen molar-refractivity contribution in [1.29, 1.82) is 0 Å². The molecule has 0 bridgehead atoms. The smallest absolute Gasteiger partial charge is 0.0796 e. The predicted molar refractivity (Wildman–Crippen MR) is 64.4 cm³/mol. The lowest BCUT2D eigenvalue weighted by molar-refractivity contribution is 0.587. The topological polar surface area (TPSA) is 29.9 Å². The molecule has 1 aliphatic carbocycles. The molecule has 1 atom stereocenters. The van der Waals surface area contributed by atoms with Crippen LogP contribution in [0.5, 0.6) is 0 Å². The molecule has 1 aromatic heterocycles. The van der Waals surface area contributed by atoms with Gasteiger partial charge in [-0.2, -0.15) is 5.10 Å². The van der Waals surface area contributed by atoms with E-state index in [2.05, 4.69) is 23.1 Å². The third kappa shape index (κ3) is 1.77. The van der Waals surface area contributed by atoms with E-state index in [1.807, 2.05) is 0 Å². The van der Waals surface area contributed by atoms with E-state index in [1.54, 1.807) is 0 Å². The van der Waals surface area contributed by atoms with Gasteiger partial charge in [-0.15, -0.1) is 0 Å². The fourth-order valence-corrected chi connectivity index (χ4v) is 3.22. The molecule has 1 saturated carbocycles. The van der Waals surface area contributed by atoms with Gasteiger partial charge in [-0.25, -0.2) is 0 Å². The first-order valence-corrected chi connectivity index (χ1v) is 6.62. The molecule has 1 N–H and O–H groups in total. The number of nitrogens with one attached hydrogen (secondary N) is 1. The molecular weight excluding hydrogens is 198 g/mol. The van der Waals surface area contributed by atoms with Crippen molar-refractivity contribution in [2.45, 2.75) is 50.5 Å². The predicted octanol–water partition coefficient (Wildman–Crippen LogP) is 2.50. The van der Waals surface area contributed by atoms with Gasteiger partial charge < -0.3 is 5.32 Å². The summed E-state index contributed by atoms with van der Waals surface area (Å²) < 4.78 is 2.12. The van der Waals surface area contributed by atoms with Crippen LogP contribution in [0.4, 0.5) is 0 Å². The Morgan fingerprint density at radius 2 is 2.06 bits per heavy atom. The Labute approximate surface area is 97.2 Å². The van der Waals surface area contributed by atoms with Crippen molar-refractivity contribution >= 4 is 0 Å². The van der Waals surface area contributed by atoms with Crippen molar-refractivity contribution in [3.05, 3.63) is 17.5 Å². The summed E-state index contributed by atoms with van der Waals surface area (Å²) in [5.41, 5.74) is 2.73. The lowest BCUT2D eigenvalue weighted by Crippen LogP contribution is -2.13. The molecule has 3 rings (SSSR count). The Hall–Kier alpha value is -0.830. The molecule has 0 spiro atoms. The van der Waals surface area contributed by atoms with Gasteiger partial charge in [-0.3, -0.25) is 4.68 Å². The van der Waals surface area contributed by atoms with Gasteiger partial charge in [0.1, 0.15) is 0 Å². The maximum atomic E-state index is 4.69. The van der Waals surface area contributed by atoms with Crippen molar-refractivity contribution in [2.75, 3.05) is 6.54 Å². The highest BCUT2D eigenvalue weighted by Crippen LogP contribution is 2.35. The van der Waals surface area contributed by atoms with Crippen LogP contribution in [0, 0.1) is 0 Å². The molecule has 16 heavy (non-hydrogen) atoms. The number of aromatic nitrogens is 2. The molecule has 2 heterocycles. The molecule has 1 aromatic rings. The van der Waals surface area contributed by atoms with Gasteiger partial charge in [0.15, 0.2) is 0 Å². The first-order chi connectivity index (χ1) is 7.84. The Balaban J connectivity index is 1.83. The molecule has 2 fully saturated rings. The molecule has 2 aliphatic rings. The average Bonchev–Trinajstić information content (AvgIpc) is 2.97. The fraction of sp³-hybridized carbons (Fsp3) is 0.769. The van der Waals surface area contributed by atoms with Crippen molar-refractivity contribution in [1.82, 2.24) is 15.1 Å². The lowest BCUT2D eigenvalue weighted by atomic mass is 10.0.